The quantitative estimate of drug-likeness (QED) is 0.727. The standard InChI is InChI=1S/C17H26BrNO2/c18-10-15-11-21-2-1-19(15)16(20)9-17-6-12-3-13(7-17)5-14(4-12)8-17/h12-15H,1-11H2. The van der Waals surface area contributed by atoms with Crippen LogP contribution in [0.3, 0.4) is 0 Å². The minimum atomic E-state index is 0.236. The van der Waals surface area contributed by atoms with Crippen molar-refractivity contribution >= 4 is 21.8 Å². The number of halogens is 1. The van der Waals surface area contributed by atoms with Crippen LogP contribution in [0.25, 0.3) is 0 Å². The molecule has 0 radical (unpaired) electrons. The molecule has 1 heterocycles. The summed E-state index contributed by atoms with van der Waals surface area (Å²) in [4.78, 5) is 15.0. The molecule has 1 aliphatic heterocycles. The lowest BCUT2D eigenvalue weighted by Crippen LogP contribution is -2.53. The van der Waals surface area contributed by atoms with Crippen molar-refractivity contribution in [1.29, 1.82) is 0 Å². The lowest BCUT2D eigenvalue weighted by atomic mass is 9.49. The fourth-order valence-electron chi connectivity index (χ4n) is 6.04. The van der Waals surface area contributed by atoms with Gasteiger partial charge in [0.05, 0.1) is 19.3 Å². The van der Waals surface area contributed by atoms with E-state index in [2.05, 4.69) is 20.8 Å². The summed E-state index contributed by atoms with van der Waals surface area (Å²) in [5.41, 5.74) is 0.362. The van der Waals surface area contributed by atoms with E-state index in [1.807, 2.05) is 0 Å². The molecule has 5 rings (SSSR count). The second-order valence-electron chi connectivity index (χ2n) is 8.06. The molecular weight excluding hydrogens is 330 g/mol. The molecule has 1 atom stereocenters. The molecule has 0 aromatic rings. The van der Waals surface area contributed by atoms with Gasteiger partial charge in [-0.15, -0.1) is 0 Å². The Bertz CT molecular complexity index is 390. The predicted molar refractivity (Wildman–Crippen MR) is 85.3 cm³/mol. The number of carbonyl (C=O) groups excluding carboxylic acids is 1. The number of hydrogen-bond donors (Lipinski definition) is 0. The Morgan fingerprint density at radius 2 is 1.76 bits per heavy atom. The van der Waals surface area contributed by atoms with Crippen LogP contribution in [0.5, 0.6) is 0 Å². The molecule has 5 fully saturated rings. The Balaban J connectivity index is 1.46. The number of rotatable bonds is 3. The van der Waals surface area contributed by atoms with Crippen LogP contribution in [0.15, 0.2) is 0 Å². The third-order valence-electron chi connectivity index (χ3n) is 6.42. The second kappa shape index (κ2) is 5.52. The van der Waals surface area contributed by atoms with E-state index in [0.29, 0.717) is 24.5 Å². The molecule has 1 unspecified atom stereocenters. The molecule has 21 heavy (non-hydrogen) atoms. The summed E-state index contributed by atoms with van der Waals surface area (Å²) in [7, 11) is 0. The molecule has 4 aliphatic carbocycles. The normalized spacial score (nSPS) is 45.1. The van der Waals surface area contributed by atoms with Crippen molar-refractivity contribution in [2.45, 2.75) is 51.0 Å². The highest BCUT2D eigenvalue weighted by molar-refractivity contribution is 9.09. The van der Waals surface area contributed by atoms with Gasteiger partial charge in [-0.05, 0) is 61.7 Å². The number of morpholine rings is 1. The molecule has 0 spiro atoms. The van der Waals surface area contributed by atoms with Crippen molar-refractivity contribution in [3.8, 4) is 0 Å². The Labute approximate surface area is 135 Å². The molecule has 1 amide bonds. The molecule has 0 N–H and O–H groups in total. The number of ether oxygens (including phenoxy) is 1. The molecule has 118 valence electrons. The molecule has 3 nitrogen and oxygen atoms in total. The zero-order chi connectivity index (χ0) is 14.4. The predicted octanol–water partition coefficient (Wildman–Crippen LogP) is 3.22. The number of carbonyl (C=O) groups is 1. The van der Waals surface area contributed by atoms with Gasteiger partial charge in [-0.3, -0.25) is 4.79 Å². The maximum Gasteiger partial charge on any atom is 0.223 e. The Morgan fingerprint density at radius 3 is 2.33 bits per heavy atom. The van der Waals surface area contributed by atoms with Gasteiger partial charge in [0.2, 0.25) is 5.91 Å². The smallest absolute Gasteiger partial charge is 0.223 e. The van der Waals surface area contributed by atoms with Crippen molar-refractivity contribution in [2.75, 3.05) is 25.1 Å². The SMILES string of the molecule is O=C(CC12CC3CC(CC(C3)C1)C2)N1CCOCC1CBr. The van der Waals surface area contributed by atoms with Crippen molar-refractivity contribution in [3.05, 3.63) is 0 Å². The average molecular weight is 356 g/mol. The fourth-order valence-corrected chi connectivity index (χ4v) is 6.58. The van der Waals surface area contributed by atoms with Gasteiger partial charge in [0.15, 0.2) is 0 Å². The first-order valence-corrected chi connectivity index (χ1v) is 9.73. The molecule has 4 heteroatoms. The molecule has 0 aromatic carbocycles. The van der Waals surface area contributed by atoms with Gasteiger partial charge in [0.1, 0.15) is 0 Å². The summed E-state index contributed by atoms with van der Waals surface area (Å²) in [5, 5.41) is 0.833. The number of hydrogen-bond acceptors (Lipinski definition) is 2. The van der Waals surface area contributed by atoms with Crippen LogP contribution < -0.4 is 0 Å². The summed E-state index contributed by atoms with van der Waals surface area (Å²) in [6.45, 7) is 2.18. The van der Waals surface area contributed by atoms with Crippen molar-refractivity contribution in [3.63, 3.8) is 0 Å². The van der Waals surface area contributed by atoms with Crippen LogP contribution in [0.4, 0.5) is 0 Å². The van der Waals surface area contributed by atoms with Gasteiger partial charge in [-0.1, -0.05) is 15.9 Å². The summed E-state index contributed by atoms with van der Waals surface area (Å²) in [6.07, 6.45) is 9.15. The van der Waals surface area contributed by atoms with Crippen LogP contribution in [0.2, 0.25) is 0 Å². The number of nitrogens with zero attached hydrogens (tertiary/aromatic N) is 1. The van der Waals surface area contributed by atoms with Gasteiger partial charge >= 0.3 is 0 Å². The highest BCUT2D eigenvalue weighted by atomic mass is 79.9. The van der Waals surface area contributed by atoms with E-state index in [9.17, 15) is 4.79 Å². The van der Waals surface area contributed by atoms with E-state index in [1.165, 1.54) is 38.5 Å². The maximum absolute atomic E-state index is 12.9. The molecule has 0 aromatic heterocycles. The highest BCUT2D eigenvalue weighted by Crippen LogP contribution is 2.61. The Morgan fingerprint density at radius 1 is 1.14 bits per heavy atom. The first kappa shape index (κ1) is 14.5. The van der Waals surface area contributed by atoms with Crippen LogP contribution in [-0.2, 0) is 9.53 Å². The van der Waals surface area contributed by atoms with E-state index >= 15 is 0 Å². The highest BCUT2D eigenvalue weighted by Gasteiger charge is 2.52. The first-order valence-electron chi connectivity index (χ1n) is 8.61. The van der Waals surface area contributed by atoms with Gasteiger partial charge in [-0.2, -0.15) is 0 Å². The molecule has 4 bridgehead atoms. The molecular formula is C17H26BrNO2. The maximum atomic E-state index is 12.9. The van der Waals surface area contributed by atoms with Gasteiger partial charge < -0.3 is 9.64 Å². The van der Waals surface area contributed by atoms with Crippen LogP contribution in [-0.4, -0.2) is 41.9 Å². The zero-order valence-electron chi connectivity index (χ0n) is 12.7. The number of alkyl halides is 1. The topological polar surface area (TPSA) is 29.5 Å². The lowest BCUT2D eigenvalue weighted by molar-refractivity contribution is -0.146. The summed E-state index contributed by atoms with van der Waals surface area (Å²) < 4.78 is 5.52. The van der Waals surface area contributed by atoms with Crippen LogP contribution >= 0.6 is 15.9 Å². The van der Waals surface area contributed by atoms with E-state index < -0.39 is 0 Å². The molecule has 5 aliphatic rings. The zero-order valence-corrected chi connectivity index (χ0v) is 14.3. The average Bonchev–Trinajstić information content (AvgIpc) is 2.45. The first-order chi connectivity index (χ1) is 10.2. The monoisotopic (exact) mass is 355 g/mol. The van der Waals surface area contributed by atoms with Crippen LogP contribution in [0, 0.1) is 23.2 Å². The van der Waals surface area contributed by atoms with Crippen molar-refractivity contribution in [1.82, 2.24) is 4.90 Å². The molecule has 4 saturated carbocycles. The van der Waals surface area contributed by atoms with Crippen molar-refractivity contribution in [2.24, 2.45) is 23.2 Å². The second-order valence-corrected chi connectivity index (χ2v) is 8.71. The third-order valence-corrected chi connectivity index (χ3v) is 7.16. The van der Waals surface area contributed by atoms with E-state index in [1.54, 1.807) is 0 Å². The largest absolute Gasteiger partial charge is 0.377 e. The van der Waals surface area contributed by atoms with Gasteiger partial charge in [-0.25, -0.2) is 0 Å². The Hall–Kier alpha value is -0.0900. The summed E-state index contributed by atoms with van der Waals surface area (Å²) in [5.74, 6) is 3.19. The van der Waals surface area contributed by atoms with E-state index in [0.717, 1.165) is 36.0 Å². The van der Waals surface area contributed by atoms with Gasteiger partial charge in [0.25, 0.3) is 0 Å². The molecule has 1 saturated heterocycles. The van der Waals surface area contributed by atoms with Crippen LogP contribution in [0.1, 0.15) is 44.9 Å². The minimum Gasteiger partial charge on any atom is -0.377 e. The Kier molecular flexibility index (Phi) is 3.81. The number of amides is 1. The van der Waals surface area contributed by atoms with Crippen molar-refractivity contribution < 1.29 is 9.53 Å². The summed E-state index contributed by atoms with van der Waals surface area (Å²) in [6, 6.07) is 0.236. The third kappa shape index (κ3) is 2.67. The minimum absolute atomic E-state index is 0.236. The summed E-state index contributed by atoms with van der Waals surface area (Å²) >= 11 is 3.54. The fraction of sp³-hybridized carbons (Fsp3) is 0.941. The lowest BCUT2D eigenvalue weighted by Gasteiger charge is -2.57. The van der Waals surface area contributed by atoms with Gasteiger partial charge in [0, 0.05) is 18.3 Å². The van der Waals surface area contributed by atoms with E-state index in [4.69, 9.17) is 4.74 Å². The van der Waals surface area contributed by atoms with E-state index in [-0.39, 0.29) is 6.04 Å².